The van der Waals surface area contributed by atoms with Crippen molar-refractivity contribution in [2.24, 2.45) is 4.99 Å². The highest BCUT2D eigenvalue weighted by molar-refractivity contribution is 6.25. The fraction of sp³-hybridized carbons (Fsp3) is 0.273. The molecular formula is C22H23NO2. The standard InChI is InChI=1S/C22H23NO2/c1-3-20(24)22-19(23-18-12-8-7-9-15(18)2)13-17(14-21(22)25)16-10-5-4-6-11-16/h4-12,17,24H,3,13-14H2,1-2H3/b22-20+,23-19?. The Morgan fingerprint density at radius 2 is 1.76 bits per heavy atom. The van der Waals surface area contributed by atoms with Crippen molar-refractivity contribution in [3.05, 3.63) is 77.1 Å². The number of aliphatic hydroxyl groups excluding tert-OH is 1. The summed E-state index contributed by atoms with van der Waals surface area (Å²) in [6, 6.07) is 17.9. The van der Waals surface area contributed by atoms with Gasteiger partial charge in [0.25, 0.3) is 0 Å². The van der Waals surface area contributed by atoms with Crippen LogP contribution in [0.5, 0.6) is 0 Å². The van der Waals surface area contributed by atoms with Crippen molar-refractivity contribution in [1.82, 2.24) is 0 Å². The Morgan fingerprint density at radius 1 is 1.08 bits per heavy atom. The minimum atomic E-state index is -0.0215. The molecule has 1 saturated carbocycles. The summed E-state index contributed by atoms with van der Waals surface area (Å²) in [6.07, 6.45) is 1.50. The number of allylic oxidation sites excluding steroid dienone is 2. The molecule has 128 valence electrons. The van der Waals surface area contributed by atoms with Gasteiger partial charge in [0.15, 0.2) is 5.78 Å². The third-order valence-electron chi connectivity index (χ3n) is 4.70. The molecule has 3 heteroatoms. The van der Waals surface area contributed by atoms with Crippen LogP contribution in [-0.2, 0) is 4.79 Å². The number of benzene rings is 2. The number of carbonyl (C=O) groups excluding carboxylic acids is 1. The summed E-state index contributed by atoms with van der Waals surface area (Å²) in [7, 11) is 0. The Hall–Kier alpha value is -2.68. The highest BCUT2D eigenvalue weighted by Crippen LogP contribution is 2.35. The summed E-state index contributed by atoms with van der Waals surface area (Å²) in [5.74, 6) is 0.223. The maximum Gasteiger partial charge on any atom is 0.168 e. The molecule has 1 aliphatic rings. The fourth-order valence-corrected chi connectivity index (χ4v) is 3.30. The molecule has 25 heavy (non-hydrogen) atoms. The normalized spacial score (nSPS) is 21.4. The van der Waals surface area contributed by atoms with Gasteiger partial charge in [0.2, 0.25) is 0 Å². The smallest absolute Gasteiger partial charge is 0.168 e. The molecule has 0 aromatic heterocycles. The monoisotopic (exact) mass is 333 g/mol. The first kappa shape index (κ1) is 17.2. The van der Waals surface area contributed by atoms with Crippen molar-refractivity contribution < 1.29 is 9.90 Å². The van der Waals surface area contributed by atoms with Gasteiger partial charge in [0.1, 0.15) is 5.76 Å². The van der Waals surface area contributed by atoms with Crippen molar-refractivity contribution in [3.8, 4) is 0 Å². The number of carbonyl (C=O) groups is 1. The Kier molecular flexibility index (Phi) is 5.13. The van der Waals surface area contributed by atoms with E-state index in [0.29, 0.717) is 30.5 Å². The van der Waals surface area contributed by atoms with Crippen LogP contribution < -0.4 is 0 Å². The van der Waals surface area contributed by atoms with Gasteiger partial charge in [-0.05, 0) is 36.5 Å². The average Bonchev–Trinajstić information content (AvgIpc) is 2.63. The number of hydrogen-bond donors (Lipinski definition) is 1. The lowest BCUT2D eigenvalue weighted by atomic mass is 9.78. The summed E-state index contributed by atoms with van der Waals surface area (Å²) in [5.41, 5.74) is 4.15. The molecule has 3 rings (SSSR count). The van der Waals surface area contributed by atoms with Crippen LogP contribution in [-0.4, -0.2) is 16.6 Å². The molecule has 2 aromatic rings. The third kappa shape index (κ3) is 3.71. The number of rotatable bonds is 3. The Bertz CT molecular complexity index is 834. The second-order valence-electron chi connectivity index (χ2n) is 6.46. The molecule has 1 unspecified atom stereocenters. The van der Waals surface area contributed by atoms with Crippen LogP contribution >= 0.6 is 0 Å². The lowest BCUT2D eigenvalue weighted by molar-refractivity contribution is -0.115. The minimum Gasteiger partial charge on any atom is -0.512 e. The number of para-hydroxylation sites is 1. The Labute approximate surface area is 148 Å². The molecule has 1 atom stereocenters. The van der Waals surface area contributed by atoms with E-state index in [1.807, 2.05) is 56.3 Å². The lowest BCUT2D eigenvalue weighted by Gasteiger charge is -2.26. The molecule has 1 fully saturated rings. The van der Waals surface area contributed by atoms with Gasteiger partial charge >= 0.3 is 0 Å². The Morgan fingerprint density at radius 3 is 2.44 bits per heavy atom. The van der Waals surface area contributed by atoms with Crippen LogP contribution in [0.2, 0.25) is 0 Å². The van der Waals surface area contributed by atoms with Gasteiger partial charge in [0.05, 0.1) is 17.0 Å². The van der Waals surface area contributed by atoms with Gasteiger partial charge in [-0.2, -0.15) is 0 Å². The van der Waals surface area contributed by atoms with E-state index in [9.17, 15) is 9.90 Å². The molecule has 0 saturated heterocycles. The summed E-state index contributed by atoms with van der Waals surface area (Å²) in [4.78, 5) is 17.5. The van der Waals surface area contributed by atoms with E-state index in [0.717, 1.165) is 16.8 Å². The number of nitrogens with zero attached hydrogens (tertiary/aromatic N) is 1. The summed E-state index contributed by atoms with van der Waals surface area (Å²) in [6.45, 7) is 3.85. The van der Waals surface area contributed by atoms with E-state index in [4.69, 9.17) is 4.99 Å². The van der Waals surface area contributed by atoms with Crippen LogP contribution in [0, 0.1) is 6.92 Å². The van der Waals surface area contributed by atoms with Crippen LogP contribution in [0.15, 0.2) is 70.9 Å². The van der Waals surface area contributed by atoms with E-state index in [1.165, 1.54) is 0 Å². The van der Waals surface area contributed by atoms with Crippen LogP contribution in [0.4, 0.5) is 5.69 Å². The molecule has 0 amide bonds. The fourth-order valence-electron chi connectivity index (χ4n) is 3.30. The molecule has 1 aliphatic carbocycles. The first-order valence-electron chi connectivity index (χ1n) is 8.74. The second-order valence-corrected chi connectivity index (χ2v) is 6.46. The van der Waals surface area contributed by atoms with E-state index >= 15 is 0 Å². The Balaban J connectivity index is 2.06. The highest BCUT2D eigenvalue weighted by atomic mass is 16.3. The minimum absolute atomic E-state index is 0.0215. The number of ketones is 1. The van der Waals surface area contributed by atoms with Crippen molar-refractivity contribution >= 4 is 17.2 Å². The summed E-state index contributed by atoms with van der Waals surface area (Å²) >= 11 is 0. The maximum atomic E-state index is 12.8. The molecule has 0 spiro atoms. The topological polar surface area (TPSA) is 49.7 Å². The lowest BCUT2D eigenvalue weighted by Crippen LogP contribution is -2.26. The van der Waals surface area contributed by atoms with E-state index in [2.05, 4.69) is 12.1 Å². The van der Waals surface area contributed by atoms with E-state index in [1.54, 1.807) is 0 Å². The first-order valence-corrected chi connectivity index (χ1v) is 8.74. The van der Waals surface area contributed by atoms with E-state index in [-0.39, 0.29) is 17.5 Å². The third-order valence-corrected chi connectivity index (χ3v) is 4.70. The second kappa shape index (κ2) is 7.47. The zero-order valence-electron chi connectivity index (χ0n) is 14.7. The molecule has 3 nitrogen and oxygen atoms in total. The molecule has 0 bridgehead atoms. The zero-order valence-corrected chi connectivity index (χ0v) is 14.7. The molecule has 2 aromatic carbocycles. The van der Waals surface area contributed by atoms with Crippen molar-refractivity contribution in [3.63, 3.8) is 0 Å². The van der Waals surface area contributed by atoms with Crippen LogP contribution in [0.1, 0.15) is 43.2 Å². The molecule has 1 N–H and O–H groups in total. The average molecular weight is 333 g/mol. The summed E-state index contributed by atoms with van der Waals surface area (Å²) in [5, 5.41) is 10.3. The number of hydrogen-bond acceptors (Lipinski definition) is 3. The summed E-state index contributed by atoms with van der Waals surface area (Å²) < 4.78 is 0. The van der Waals surface area contributed by atoms with Crippen molar-refractivity contribution in [2.75, 3.05) is 0 Å². The van der Waals surface area contributed by atoms with Gasteiger partial charge in [-0.1, -0.05) is 55.5 Å². The SMILES string of the molecule is CC/C(O)=C1\C(=O)CC(c2ccccc2)CC1=Nc1ccccc1C. The number of aliphatic hydroxyl groups is 1. The zero-order chi connectivity index (χ0) is 17.8. The largest absolute Gasteiger partial charge is 0.512 e. The predicted octanol–water partition coefficient (Wildman–Crippen LogP) is 5.44. The van der Waals surface area contributed by atoms with Gasteiger partial charge in [0, 0.05) is 12.8 Å². The number of aryl methyl sites for hydroxylation is 1. The van der Waals surface area contributed by atoms with Crippen LogP contribution in [0.25, 0.3) is 0 Å². The quantitative estimate of drug-likeness (QED) is 0.601. The molecular weight excluding hydrogens is 310 g/mol. The van der Waals surface area contributed by atoms with Gasteiger partial charge in [-0.3, -0.25) is 9.79 Å². The molecule has 0 radical (unpaired) electrons. The van der Waals surface area contributed by atoms with E-state index < -0.39 is 0 Å². The number of Topliss-reactive ketones (excluding diaryl/α,β-unsaturated/α-hetero) is 1. The highest BCUT2D eigenvalue weighted by Gasteiger charge is 2.32. The maximum absolute atomic E-state index is 12.8. The van der Waals surface area contributed by atoms with Gasteiger partial charge in [-0.15, -0.1) is 0 Å². The molecule has 0 aliphatic heterocycles. The van der Waals surface area contributed by atoms with Crippen molar-refractivity contribution in [1.29, 1.82) is 0 Å². The van der Waals surface area contributed by atoms with Gasteiger partial charge in [-0.25, -0.2) is 0 Å². The predicted molar refractivity (Wildman–Crippen MR) is 102 cm³/mol. The molecule has 0 heterocycles. The first-order chi connectivity index (χ1) is 12.1. The van der Waals surface area contributed by atoms with Crippen LogP contribution in [0.3, 0.4) is 0 Å². The number of aliphatic imine (C=N–C) groups is 1. The van der Waals surface area contributed by atoms with Gasteiger partial charge < -0.3 is 5.11 Å². The van der Waals surface area contributed by atoms with Crippen molar-refractivity contribution in [2.45, 2.75) is 39.0 Å².